The third kappa shape index (κ3) is 3.72. The third-order valence-corrected chi connectivity index (χ3v) is 4.33. The molecule has 2 N–H and O–H groups in total. The second-order valence-electron chi connectivity index (χ2n) is 4.56. The van der Waals surface area contributed by atoms with Gasteiger partial charge < -0.3 is 10.6 Å². The van der Waals surface area contributed by atoms with Gasteiger partial charge in [-0.15, -0.1) is 11.3 Å². The number of thiophene rings is 1. The maximum Gasteiger partial charge on any atom is 0.315 e. The molecule has 1 aromatic heterocycles. The zero-order chi connectivity index (χ0) is 15.2. The predicted molar refractivity (Wildman–Crippen MR) is 88.3 cm³/mol. The smallest absolute Gasteiger partial charge is 0.315 e. The number of nitro groups is 1. The molecule has 0 amide bonds. The molecule has 0 spiro atoms. The zero-order valence-corrected chi connectivity index (χ0v) is 13.0. The normalized spacial score (nSPS) is 10.4. The highest BCUT2D eigenvalue weighted by Crippen LogP contribution is 2.33. The topological polar surface area (TPSA) is 67.2 Å². The second-order valence-corrected chi connectivity index (χ2v) is 5.82. The molecule has 0 saturated heterocycles. The highest BCUT2D eigenvalue weighted by Gasteiger charge is 2.19. The van der Waals surface area contributed by atoms with Crippen molar-refractivity contribution in [2.75, 3.05) is 17.2 Å². The Morgan fingerprint density at radius 2 is 1.76 bits per heavy atom. The molecule has 6 heteroatoms. The lowest BCUT2D eigenvalue weighted by Gasteiger charge is -2.10. The van der Waals surface area contributed by atoms with Crippen molar-refractivity contribution in [2.45, 2.75) is 26.8 Å². The van der Waals surface area contributed by atoms with Gasteiger partial charge in [0, 0.05) is 22.8 Å². The highest BCUT2D eigenvalue weighted by atomic mass is 32.1. The van der Waals surface area contributed by atoms with E-state index in [-0.39, 0.29) is 10.6 Å². The van der Waals surface area contributed by atoms with E-state index in [1.54, 1.807) is 23.5 Å². The first-order valence-corrected chi connectivity index (χ1v) is 7.80. The molecule has 0 bridgehead atoms. The van der Waals surface area contributed by atoms with Gasteiger partial charge in [0.1, 0.15) is 11.4 Å². The SMILES string of the molecule is CCNc1cccc(NCc2ccc(CC)s2)c1[N+](=O)[O-]. The lowest BCUT2D eigenvalue weighted by atomic mass is 10.2. The van der Waals surface area contributed by atoms with Crippen molar-refractivity contribution in [3.05, 3.63) is 50.2 Å². The van der Waals surface area contributed by atoms with Crippen LogP contribution in [0.4, 0.5) is 17.1 Å². The number of anilines is 2. The van der Waals surface area contributed by atoms with Crippen molar-refractivity contribution in [1.82, 2.24) is 0 Å². The molecule has 5 nitrogen and oxygen atoms in total. The third-order valence-electron chi connectivity index (χ3n) is 3.10. The van der Waals surface area contributed by atoms with Gasteiger partial charge in [-0.05, 0) is 37.6 Å². The minimum atomic E-state index is -0.341. The predicted octanol–water partition coefficient (Wildman–Crippen LogP) is 4.26. The van der Waals surface area contributed by atoms with E-state index in [2.05, 4.69) is 29.7 Å². The first-order valence-electron chi connectivity index (χ1n) is 6.98. The molecule has 112 valence electrons. The Hall–Kier alpha value is -2.08. The van der Waals surface area contributed by atoms with Crippen molar-refractivity contribution >= 4 is 28.4 Å². The van der Waals surface area contributed by atoms with Crippen molar-refractivity contribution < 1.29 is 4.92 Å². The fourth-order valence-corrected chi connectivity index (χ4v) is 3.00. The Kier molecular flexibility index (Phi) is 5.16. The Morgan fingerprint density at radius 3 is 2.33 bits per heavy atom. The number of para-hydroxylation sites is 1. The number of nitrogens with one attached hydrogen (secondary N) is 2. The molecule has 0 aliphatic rings. The number of nitro benzene ring substituents is 1. The van der Waals surface area contributed by atoms with Crippen molar-refractivity contribution in [1.29, 1.82) is 0 Å². The van der Waals surface area contributed by atoms with E-state index < -0.39 is 0 Å². The summed E-state index contributed by atoms with van der Waals surface area (Å²) in [6, 6.07) is 9.46. The summed E-state index contributed by atoms with van der Waals surface area (Å²) >= 11 is 1.73. The molecule has 2 rings (SSSR count). The quantitative estimate of drug-likeness (QED) is 0.592. The van der Waals surface area contributed by atoms with E-state index in [0.29, 0.717) is 24.5 Å². The fraction of sp³-hybridized carbons (Fsp3) is 0.333. The molecule has 0 aliphatic carbocycles. The molecule has 1 aromatic carbocycles. The van der Waals surface area contributed by atoms with E-state index in [1.165, 1.54) is 9.75 Å². The summed E-state index contributed by atoms with van der Waals surface area (Å²) in [5.41, 5.74) is 1.20. The zero-order valence-electron chi connectivity index (χ0n) is 12.2. The summed E-state index contributed by atoms with van der Waals surface area (Å²) < 4.78 is 0. The van der Waals surface area contributed by atoms with Crippen LogP contribution in [0.25, 0.3) is 0 Å². The van der Waals surface area contributed by atoms with Gasteiger partial charge in [-0.1, -0.05) is 13.0 Å². The Morgan fingerprint density at radius 1 is 1.10 bits per heavy atom. The number of nitrogens with zero attached hydrogens (tertiary/aromatic N) is 1. The number of benzene rings is 1. The van der Waals surface area contributed by atoms with Crippen LogP contribution in [-0.2, 0) is 13.0 Å². The van der Waals surface area contributed by atoms with Crippen LogP contribution in [0, 0.1) is 10.1 Å². The first kappa shape index (κ1) is 15.3. The Labute approximate surface area is 128 Å². The first-order chi connectivity index (χ1) is 10.2. The van der Waals surface area contributed by atoms with E-state index in [0.717, 1.165) is 6.42 Å². The molecule has 0 unspecified atom stereocenters. The van der Waals surface area contributed by atoms with Crippen LogP contribution < -0.4 is 10.6 Å². The van der Waals surface area contributed by atoms with Crippen LogP contribution in [0.5, 0.6) is 0 Å². The standard InChI is InChI=1S/C15H19N3O2S/c1-3-11-8-9-12(21-11)10-17-14-7-5-6-13(16-4-2)15(14)18(19)20/h5-9,16-17H,3-4,10H2,1-2H3. The van der Waals surface area contributed by atoms with Gasteiger partial charge in [0.2, 0.25) is 0 Å². The van der Waals surface area contributed by atoms with E-state index in [4.69, 9.17) is 0 Å². The van der Waals surface area contributed by atoms with Crippen molar-refractivity contribution in [3.63, 3.8) is 0 Å². The number of rotatable bonds is 7. The number of hydrogen-bond acceptors (Lipinski definition) is 5. The lowest BCUT2D eigenvalue weighted by Crippen LogP contribution is -2.06. The van der Waals surface area contributed by atoms with Crippen LogP contribution in [0.2, 0.25) is 0 Å². The maximum atomic E-state index is 11.3. The molecule has 0 radical (unpaired) electrons. The fourth-order valence-electron chi connectivity index (χ4n) is 2.11. The average molecular weight is 305 g/mol. The molecule has 21 heavy (non-hydrogen) atoms. The molecule has 0 fully saturated rings. The summed E-state index contributed by atoms with van der Waals surface area (Å²) in [6.45, 7) is 5.28. The van der Waals surface area contributed by atoms with Crippen LogP contribution in [-0.4, -0.2) is 11.5 Å². The number of aryl methyl sites for hydroxylation is 1. The maximum absolute atomic E-state index is 11.3. The number of hydrogen-bond donors (Lipinski definition) is 2. The van der Waals surface area contributed by atoms with Gasteiger partial charge in [0.05, 0.1) is 4.92 Å². The van der Waals surface area contributed by atoms with Crippen LogP contribution in [0.15, 0.2) is 30.3 Å². The molecular formula is C15H19N3O2S. The monoisotopic (exact) mass is 305 g/mol. The average Bonchev–Trinajstić information content (AvgIpc) is 2.93. The highest BCUT2D eigenvalue weighted by molar-refractivity contribution is 7.12. The lowest BCUT2D eigenvalue weighted by molar-refractivity contribution is -0.383. The Bertz CT molecular complexity index is 625. The molecule has 0 saturated carbocycles. The van der Waals surface area contributed by atoms with Gasteiger partial charge in [-0.3, -0.25) is 10.1 Å². The molecule has 0 atom stereocenters. The summed E-state index contributed by atoms with van der Waals surface area (Å²) in [6.07, 6.45) is 1.01. The summed E-state index contributed by atoms with van der Waals surface area (Å²) in [5, 5.41) is 17.5. The Balaban J connectivity index is 2.18. The molecule has 0 aliphatic heterocycles. The van der Waals surface area contributed by atoms with Crippen molar-refractivity contribution in [2.24, 2.45) is 0 Å². The molecular weight excluding hydrogens is 286 g/mol. The van der Waals surface area contributed by atoms with Crippen LogP contribution >= 0.6 is 11.3 Å². The molecule has 2 aromatic rings. The van der Waals surface area contributed by atoms with Crippen molar-refractivity contribution in [3.8, 4) is 0 Å². The largest absolute Gasteiger partial charge is 0.380 e. The second kappa shape index (κ2) is 7.08. The van der Waals surface area contributed by atoms with Gasteiger partial charge in [0.15, 0.2) is 0 Å². The van der Waals surface area contributed by atoms with Gasteiger partial charge >= 0.3 is 5.69 Å². The summed E-state index contributed by atoms with van der Waals surface area (Å²) in [5.74, 6) is 0. The van der Waals surface area contributed by atoms with Gasteiger partial charge in [-0.2, -0.15) is 0 Å². The van der Waals surface area contributed by atoms with Crippen LogP contribution in [0.1, 0.15) is 23.6 Å². The van der Waals surface area contributed by atoms with E-state index in [1.807, 2.05) is 13.0 Å². The van der Waals surface area contributed by atoms with E-state index in [9.17, 15) is 10.1 Å². The van der Waals surface area contributed by atoms with Gasteiger partial charge in [-0.25, -0.2) is 0 Å². The molecule has 1 heterocycles. The summed E-state index contributed by atoms with van der Waals surface area (Å²) in [4.78, 5) is 13.5. The van der Waals surface area contributed by atoms with E-state index >= 15 is 0 Å². The minimum absolute atomic E-state index is 0.103. The van der Waals surface area contributed by atoms with Crippen LogP contribution in [0.3, 0.4) is 0 Å². The minimum Gasteiger partial charge on any atom is -0.380 e. The summed E-state index contributed by atoms with van der Waals surface area (Å²) in [7, 11) is 0. The van der Waals surface area contributed by atoms with Gasteiger partial charge in [0.25, 0.3) is 0 Å².